The van der Waals surface area contributed by atoms with Gasteiger partial charge < -0.3 is 15.1 Å². The third-order valence-corrected chi connectivity index (χ3v) is 6.54. The molecule has 8 heteroatoms. The van der Waals surface area contributed by atoms with Crippen molar-refractivity contribution in [2.24, 2.45) is 0 Å². The number of nitrogens with zero attached hydrogens (tertiary/aromatic N) is 5. The van der Waals surface area contributed by atoms with Crippen molar-refractivity contribution in [2.75, 3.05) is 57.5 Å². The third kappa shape index (κ3) is 5.17. The number of aromatic nitrogens is 1. The van der Waals surface area contributed by atoms with Gasteiger partial charge in [0.25, 0.3) is 5.91 Å². The van der Waals surface area contributed by atoms with Crippen LogP contribution in [0.15, 0.2) is 42.6 Å². The second kappa shape index (κ2) is 10.3. The minimum atomic E-state index is -0.241. The number of rotatable bonds is 6. The van der Waals surface area contributed by atoms with Crippen LogP contribution in [0.3, 0.4) is 0 Å². The van der Waals surface area contributed by atoms with E-state index in [-0.39, 0.29) is 11.9 Å². The predicted octanol–water partition coefficient (Wildman–Crippen LogP) is 3.64. The largest absolute Gasteiger partial charge is 0.330 e. The van der Waals surface area contributed by atoms with Gasteiger partial charge in [-0.05, 0) is 70.7 Å². The quantitative estimate of drug-likeness (QED) is 0.728. The molecule has 1 fully saturated rings. The van der Waals surface area contributed by atoms with E-state index in [0.29, 0.717) is 35.3 Å². The summed E-state index contributed by atoms with van der Waals surface area (Å²) in [6, 6.07) is 11.1. The summed E-state index contributed by atoms with van der Waals surface area (Å²) in [5.41, 5.74) is 1.53. The first-order chi connectivity index (χ1) is 16.0. The molecule has 2 aromatic rings. The fourth-order valence-corrected chi connectivity index (χ4v) is 4.66. The van der Waals surface area contributed by atoms with Gasteiger partial charge in [-0.25, -0.2) is 14.7 Å². The van der Waals surface area contributed by atoms with E-state index in [9.17, 15) is 9.59 Å². The van der Waals surface area contributed by atoms with Crippen LogP contribution in [0.4, 0.5) is 22.0 Å². The number of carbonyl (C=O) groups is 2. The average Bonchev–Trinajstić information content (AvgIpc) is 2.95. The number of amides is 3. The molecule has 3 amide bonds. The van der Waals surface area contributed by atoms with Crippen molar-refractivity contribution in [1.29, 1.82) is 0 Å². The lowest BCUT2D eigenvalue weighted by molar-refractivity contribution is 0.102. The molecule has 1 aromatic carbocycles. The van der Waals surface area contributed by atoms with Crippen molar-refractivity contribution in [3.63, 3.8) is 0 Å². The molecule has 0 radical (unpaired) electrons. The molecule has 2 aliphatic heterocycles. The van der Waals surface area contributed by atoms with Crippen molar-refractivity contribution in [1.82, 2.24) is 19.7 Å². The van der Waals surface area contributed by atoms with Crippen LogP contribution < -0.4 is 10.2 Å². The zero-order valence-corrected chi connectivity index (χ0v) is 19.8. The number of likely N-dealkylation sites (N-methyl/N-ethyl adjacent to an activating group) is 1. The third-order valence-electron chi connectivity index (χ3n) is 6.54. The van der Waals surface area contributed by atoms with Crippen molar-refractivity contribution >= 4 is 29.1 Å². The Kier molecular flexibility index (Phi) is 7.25. The van der Waals surface area contributed by atoms with Crippen LogP contribution in [0.5, 0.6) is 0 Å². The molecule has 1 atom stereocenters. The first-order valence-corrected chi connectivity index (χ1v) is 11.7. The van der Waals surface area contributed by atoms with E-state index < -0.39 is 0 Å². The van der Waals surface area contributed by atoms with E-state index in [0.717, 1.165) is 26.1 Å². The Labute approximate surface area is 196 Å². The van der Waals surface area contributed by atoms with Crippen molar-refractivity contribution < 1.29 is 9.59 Å². The van der Waals surface area contributed by atoms with Crippen LogP contribution >= 0.6 is 0 Å². The molecule has 2 aliphatic rings. The summed E-state index contributed by atoms with van der Waals surface area (Å²) >= 11 is 0. The highest BCUT2D eigenvalue weighted by Gasteiger charge is 2.32. The van der Waals surface area contributed by atoms with E-state index in [4.69, 9.17) is 0 Å². The van der Waals surface area contributed by atoms with Crippen molar-refractivity contribution in [3.8, 4) is 0 Å². The first kappa shape index (κ1) is 23.2. The lowest BCUT2D eigenvalue weighted by Gasteiger charge is -2.37. The van der Waals surface area contributed by atoms with Crippen LogP contribution in [-0.2, 0) is 0 Å². The highest BCUT2D eigenvalue weighted by Crippen LogP contribution is 2.36. The number of benzene rings is 1. The average molecular weight is 451 g/mol. The van der Waals surface area contributed by atoms with E-state index in [1.165, 1.54) is 19.3 Å². The normalized spacial score (nSPS) is 18.4. The van der Waals surface area contributed by atoms with Gasteiger partial charge >= 0.3 is 6.03 Å². The molecule has 1 unspecified atom stereocenters. The summed E-state index contributed by atoms with van der Waals surface area (Å²) in [5, 5.41) is 2.89. The Hall–Kier alpha value is -2.97. The summed E-state index contributed by atoms with van der Waals surface area (Å²) in [4.78, 5) is 39.0. The molecule has 4 rings (SSSR count). The topological polar surface area (TPSA) is 72.0 Å². The lowest BCUT2D eigenvalue weighted by Crippen LogP contribution is -2.47. The summed E-state index contributed by atoms with van der Waals surface area (Å²) < 4.78 is 0. The van der Waals surface area contributed by atoms with E-state index in [1.807, 2.05) is 13.1 Å². The van der Waals surface area contributed by atoms with Gasteiger partial charge in [0.2, 0.25) is 0 Å². The minimum absolute atomic E-state index is 0.194. The zero-order chi connectivity index (χ0) is 23.4. The molecule has 1 saturated heterocycles. The smallest absolute Gasteiger partial charge is 0.326 e. The van der Waals surface area contributed by atoms with Gasteiger partial charge in [0, 0.05) is 32.4 Å². The van der Waals surface area contributed by atoms with Gasteiger partial charge in [0.15, 0.2) is 5.82 Å². The lowest BCUT2D eigenvalue weighted by atomic mass is 9.99. The number of nitrogens with one attached hydrogen (secondary N) is 1. The SMILES string of the molecule is CN(C)CCC1CCCCN1CCN(C)C(=O)N1c2ccccc2C(=O)Nc2cccnc21. The molecule has 8 nitrogen and oxygen atoms in total. The molecule has 0 saturated carbocycles. The summed E-state index contributed by atoms with van der Waals surface area (Å²) in [5.74, 6) is 0.198. The Morgan fingerprint density at radius 1 is 1.12 bits per heavy atom. The molecular weight excluding hydrogens is 416 g/mol. The number of fused-ring (bicyclic) bond motifs is 2. The van der Waals surface area contributed by atoms with Gasteiger partial charge in [-0.1, -0.05) is 18.6 Å². The number of hydrogen-bond acceptors (Lipinski definition) is 5. The predicted molar refractivity (Wildman–Crippen MR) is 131 cm³/mol. The highest BCUT2D eigenvalue weighted by molar-refractivity contribution is 6.16. The molecule has 0 aliphatic carbocycles. The second-order valence-corrected chi connectivity index (χ2v) is 9.16. The number of anilines is 3. The number of likely N-dealkylation sites (tertiary alicyclic amines) is 1. The highest BCUT2D eigenvalue weighted by atomic mass is 16.2. The van der Waals surface area contributed by atoms with Crippen molar-refractivity contribution in [2.45, 2.75) is 31.7 Å². The maximum atomic E-state index is 13.7. The number of pyridine rings is 1. The molecule has 1 N–H and O–H groups in total. The maximum absolute atomic E-state index is 13.7. The standard InChI is InChI=1S/C25H34N6O2/c1-28(2)16-13-19-9-6-7-15-30(19)18-17-29(3)25(33)31-22-12-5-4-10-20(22)24(32)27-21-11-8-14-26-23(21)31/h4-5,8,10-12,14,19H,6-7,9,13,15-18H2,1-3H3,(H,27,32). The zero-order valence-electron chi connectivity index (χ0n) is 19.8. The van der Waals surface area contributed by atoms with Crippen LogP contribution in [0.2, 0.25) is 0 Å². The monoisotopic (exact) mass is 450 g/mol. The van der Waals surface area contributed by atoms with Gasteiger partial charge in [0.1, 0.15) is 0 Å². The Balaban J connectivity index is 1.52. The second-order valence-electron chi connectivity index (χ2n) is 9.16. The maximum Gasteiger partial charge on any atom is 0.330 e. The number of urea groups is 1. The van der Waals surface area contributed by atoms with Crippen molar-refractivity contribution in [3.05, 3.63) is 48.2 Å². The fraction of sp³-hybridized carbons (Fsp3) is 0.480. The number of hydrogen-bond donors (Lipinski definition) is 1. The van der Waals surface area contributed by atoms with Crippen LogP contribution in [0.1, 0.15) is 36.0 Å². The molecule has 33 heavy (non-hydrogen) atoms. The van der Waals surface area contributed by atoms with Gasteiger partial charge in [-0.15, -0.1) is 0 Å². The summed E-state index contributed by atoms with van der Waals surface area (Å²) in [7, 11) is 6.06. The fourth-order valence-electron chi connectivity index (χ4n) is 4.66. The van der Waals surface area contributed by atoms with Gasteiger partial charge in [0.05, 0.1) is 16.9 Å². The summed E-state index contributed by atoms with van der Waals surface area (Å²) in [6.45, 7) is 3.60. The first-order valence-electron chi connectivity index (χ1n) is 11.7. The van der Waals surface area contributed by atoms with Gasteiger partial charge in [-0.2, -0.15) is 0 Å². The molecule has 176 valence electrons. The molecule has 0 bridgehead atoms. The Bertz CT molecular complexity index is 994. The summed E-state index contributed by atoms with van der Waals surface area (Å²) in [6.07, 6.45) is 6.49. The molecule has 3 heterocycles. The van der Waals surface area contributed by atoms with E-state index >= 15 is 0 Å². The molecule has 0 spiro atoms. The number of carbonyl (C=O) groups excluding carboxylic acids is 2. The number of para-hydroxylation sites is 1. The van der Waals surface area contributed by atoms with Crippen LogP contribution in [-0.4, -0.2) is 85.0 Å². The Morgan fingerprint density at radius 3 is 2.76 bits per heavy atom. The minimum Gasteiger partial charge on any atom is -0.326 e. The van der Waals surface area contributed by atoms with Crippen LogP contribution in [0, 0.1) is 0 Å². The molecular formula is C25H34N6O2. The number of piperidine rings is 1. The Morgan fingerprint density at radius 2 is 1.94 bits per heavy atom. The van der Waals surface area contributed by atoms with E-state index in [2.05, 4.69) is 34.2 Å². The molecule has 1 aromatic heterocycles. The van der Waals surface area contributed by atoms with Crippen LogP contribution in [0.25, 0.3) is 0 Å². The van der Waals surface area contributed by atoms with E-state index in [1.54, 1.807) is 46.3 Å². The van der Waals surface area contributed by atoms with Gasteiger partial charge in [-0.3, -0.25) is 9.69 Å².